The molecule has 0 aromatic heterocycles. The maximum Gasteiger partial charge on any atom is 0.179 e. The van der Waals surface area contributed by atoms with Gasteiger partial charge in [-0.25, -0.2) is 0 Å². The molecule has 1 aromatic rings. The lowest BCUT2D eigenvalue weighted by Gasteiger charge is -2.36. The fraction of sp³-hybridized carbons (Fsp3) is 0.588. The van der Waals surface area contributed by atoms with Gasteiger partial charge in [0.05, 0.1) is 6.04 Å². The first kappa shape index (κ1) is 15.7. The van der Waals surface area contributed by atoms with Gasteiger partial charge in [-0.2, -0.15) is 0 Å². The van der Waals surface area contributed by atoms with Crippen LogP contribution in [0.5, 0.6) is 0 Å². The molecule has 1 atom stereocenters. The molecular weight excluding hydrogens is 314 g/mol. The zero-order valence-corrected chi connectivity index (χ0v) is 14.2. The summed E-state index contributed by atoms with van der Waals surface area (Å²) in [5, 5.41) is 0. The van der Waals surface area contributed by atoms with Crippen molar-refractivity contribution in [1.29, 1.82) is 0 Å². The maximum absolute atomic E-state index is 12.5. The average Bonchev–Trinajstić information content (AvgIpc) is 2.46. The minimum absolute atomic E-state index is 0.0467. The van der Waals surface area contributed by atoms with Gasteiger partial charge in [0.1, 0.15) is 0 Å². The lowest BCUT2D eigenvalue weighted by atomic mass is 9.86. The van der Waals surface area contributed by atoms with Crippen LogP contribution in [0.1, 0.15) is 49.9 Å². The molecule has 3 heteroatoms. The summed E-state index contributed by atoms with van der Waals surface area (Å²) in [5.74, 6) is 1.07. The van der Waals surface area contributed by atoms with E-state index in [-0.39, 0.29) is 11.8 Å². The van der Waals surface area contributed by atoms with Gasteiger partial charge in [-0.3, -0.25) is 9.69 Å². The van der Waals surface area contributed by atoms with Gasteiger partial charge in [0.2, 0.25) is 0 Å². The molecule has 0 heterocycles. The van der Waals surface area contributed by atoms with Crippen LogP contribution < -0.4 is 0 Å². The minimum Gasteiger partial charge on any atom is -0.294 e. The molecule has 0 saturated heterocycles. The second kappa shape index (κ2) is 6.86. The van der Waals surface area contributed by atoms with Crippen LogP contribution in [0.25, 0.3) is 0 Å². The molecule has 1 aliphatic rings. The second-order valence-electron chi connectivity index (χ2n) is 6.13. The van der Waals surface area contributed by atoms with Crippen LogP contribution in [0.15, 0.2) is 28.7 Å². The summed E-state index contributed by atoms with van der Waals surface area (Å²) in [6, 6.07) is 8.18. The van der Waals surface area contributed by atoms with Crippen LogP contribution in [-0.2, 0) is 0 Å². The first-order valence-corrected chi connectivity index (χ1v) is 8.30. The van der Waals surface area contributed by atoms with E-state index in [4.69, 9.17) is 0 Å². The zero-order chi connectivity index (χ0) is 14.7. The number of carbonyl (C=O) groups is 1. The van der Waals surface area contributed by atoms with Gasteiger partial charge in [0.25, 0.3) is 0 Å². The predicted octanol–water partition coefficient (Wildman–Crippen LogP) is 4.53. The van der Waals surface area contributed by atoms with Crippen molar-refractivity contribution in [2.75, 3.05) is 7.05 Å². The Kier molecular flexibility index (Phi) is 5.39. The van der Waals surface area contributed by atoms with Gasteiger partial charge in [-0.1, -0.05) is 35.0 Å². The maximum atomic E-state index is 12.5. The highest BCUT2D eigenvalue weighted by atomic mass is 79.9. The van der Waals surface area contributed by atoms with E-state index in [1.807, 2.05) is 31.2 Å². The third-order valence-electron chi connectivity index (χ3n) is 4.68. The number of likely N-dealkylation sites (N-methyl/N-ethyl adjacent to an activating group) is 1. The molecule has 1 aliphatic carbocycles. The Balaban J connectivity index is 2.00. The first-order chi connectivity index (χ1) is 9.49. The Morgan fingerprint density at radius 3 is 2.30 bits per heavy atom. The molecule has 0 N–H and O–H groups in total. The van der Waals surface area contributed by atoms with Crippen LogP contribution >= 0.6 is 15.9 Å². The SMILES string of the molecule is CC1CCC(N(C)C(C)C(=O)c2ccc(Br)cc2)CC1. The van der Waals surface area contributed by atoms with Crippen molar-refractivity contribution < 1.29 is 4.79 Å². The second-order valence-corrected chi connectivity index (χ2v) is 7.04. The largest absolute Gasteiger partial charge is 0.294 e. The van der Waals surface area contributed by atoms with Crippen molar-refractivity contribution in [2.24, 2.45) is 5.92 Å². The van der Waals surface area contributed by atoms with Gasteiger partial charge in [-0.15, -0.1) is 0 Å². The number of rotatable bonds is 4. The fourth-order valence-corrected chi connectivity index (χ4v) is 3.27. The summed E-state index contributed by atoms with van der Waals surface area (Å²) in [6.45, 7) is 4.36. The Hall–Kier alpha value is -0.670. The summed E-state index contributed by atoms with van der Waals surface area (Å²) in [7, 11) is 2.10. The third-order valence-corrected chi connectivity index (χ3v) is 5.21. The van der Waals surface area contributed by atoms with Crippen molar-refractivity contribution in [2.45, 2.75) is 51.6 Å². The smallest absolute Gasteiger partial charge is 0.179 e. The van der Waals surface area contributed by atoms with E-state index in [1.54, 1.807) is 0 Å². The quantitative estimate of drug-likeness (QED) is 0.752. The highest BCUT2D eigenvalue weighted by Gasteiger charge is 2.28. The zero-order valence-electron chi connectivity index (χ0n) is 12.6. The molecule has 0 amide bonds. The van der Waals surface area contributed by atoms with Gasteiger partial charge in [0, 0.05) is 16.1 Å². The highest BCUT2D eigenvalue weighted by Crippen LogP contribution is 2.28. The van der Waals surface area contributed by atoms with Gasteiger partial charge >= 0.3 is 0 Å². The molecule has 110 valence electrons. The fourth-order valence-electron chi connectivity index (χ4n) is 3.01. The third kappa shape index (κ3) is 3.70. The normalized spacial score (nSPS) is 24.6. The van der Waals surface area contributed by atoms with Crippen molar-refractivity contribution in [3.8, 4) is 0 Å². The van der Waals surface area contributed by atoms with Crippen molar-refractivity contribution >= 4 is 21.7 Å². The van der Waals surface area contributed by atoms with Crippen molar-refractivity contribution in [3.05, 3.63) is 34.3 Å². The molecule has 0 spiro atoms. The Morgan fingerprint density at radius 2 is 1.75 bits per heavy atom. The molecule has 1 fully saturated rings. The molecular formula is C17H24BrNO. The summed E-state index contributed by atoms with van der Waals surface area (Å²) in [4.78, 5) is 14.8. The van der Waals surface area contributed by atoms with Crippen LogP contribution in [-0.4, -0.2) is 29.8 Å². The van der Waals surface area contributed by atoms with Crippen LogP contribution in [0.2, 0.25) is 0 Å². The monoisotopic (exact) mass is 337 g/mol. The molecule has 0 bridgehead atoms. The number of hydrogen-bond acceptors (Lipinski definition) is 2. The molecule has 20 heavy (non-hydrogen) atoms. The molecule has 2 nitrogen and oxygen atoms in total. The molecule has 0 aliphatic heterocycles. The van der Waals surface area contributed by atoms with Gasteiger partial charge in [-0.05, 0) is 57.7 Å². The van der Waals surface area contributed by atoms with E-state index in [0.717, 1.165) is 16.0 Å². The number of nitrogens with zero attached hydrogens (tertiary/aromatic N) is 1. The lowest BCUT2D eigenvalue weighted by Crippen LogP contribution is -2.44. The average molecular weight is 338 g/mol. The van der Waals surface area contributed by atoms with E-state index in [2.05, 4.69) is 34.8 Å². The molecule has 2 rings (SSSR count). The number of ketones is 1. The van der Waals surface area contributed by atoms with Crippen molar-refractivity contribution in [3.63, 3.8) is 0 Å². The summed E-state index contributed by atoms with van der Waals surface area (Å²) < 4.78 is 1.01. The number of hydrogen-bond donors (Lipinski definition) is 0. The van der Waals surface area contributed by atoms with Crippen molar-refractivity contribution in [1.82, 2.24) is 4.90 Å². The topological polar surface area (TPSA) is 20.3 Å². The Labute approximate surface area is 130 Å². The van der Waals surface area contributed by atoms with E-state index in [0.29, 0.717) is 6.04 Å². The first-order valence-electron chi connectivity index (χ1n) is 7.50. The number of carbonyl (C=O) groups excluding carboxylic acids is 1. The van der Waals surface area contributed by atoms with Crippen LogP contribution in [0.4, 0.5) is 0 Å². The molecule has 1 aromatic carbocycles. The lowest BCUT2D eigenvalue weighted by molar-refractivity contribution is 0.0758. The van der Waals surface area contributed by atoms with Crippen LogP contribution in [0.3, 0.4) is 0 Å². The van der Waals surface area contributed by atoms with E-state index >= 15 is 0 Å². The molecule has 0 radical (unpaired) electrons. The van der Waals surface area contributed by atoms with E-state index < -0.39 is 0 Å². The van der Waals surface area contributed by atoms with E-state index in [1.165, 1.54) is 25.7 Å². The number of halogens is 1. The van der Waals surface area contributed by atoms with Gasteiger partial charge in [0.15, 0.2) is 5.78 Å². The summed E-state index contributed by atoms with van der Waals surface area (Å²) in [5.41, 5.74) is 0.803. The number of benzene rings is 1. The van der Waals surface area contributed by atoms with E-state index in [9.17, 15) is 4.79 Å². The van der Waals surface area contributed by atoms with Crippen LogP contribution in [0, 0.1) is 5.92 Å². The predicted molar refractivity (Wildman–Crippen MR) is 87.1 cm³/mol. The minimum atomic E-state index is -0.0467. The molecule has 1 unspecified atom stereocenters. The van der Waals surface area contributed by atoms with Gasteiger partial charge < -0.3 is 0 Å². The number of Topliss-reactive ketones (excluding diaryl/α,β-unsaturated/α-hetero) is 1. The summed E-state index contributed by atoms with van der Waals surface area (Å²) in [6.07, 6.45) is 5.01. The standard InChI is InChI=1S/C17H24BrNO/c1-12-4-10-16(11-5-12)19(3)13(2)17(20)14-6-8-15(18)9-7-14/h6-9,12-13,16H,4-5,10-11H2,1-3H3. The molecule has 1 saturated carbocycles. The Morgan fingerprint density at radius 1 is 1.20 bits per heavy atom. The highest BCUT2D eigenvalue weighted by molar-refractivity contribution is 9.10. The summed E-state index contributed by atoms with van der Waals surface area (Å²) >= 11 is 3.41. The Bertz CT molecular complexity index is 449.